The van der Waals surface area contributed by atoms with Gasteiger partial charge in [0, 0.05) is 11.4 Å². The molecule has 0 radical (unpaired) electrons. The average Bonchev–Trinajstić information content (AvgIpc) is 3.71. The summed E-state index contributed by atoms with van der Waals surface area (Å²) in [6, 6.07) is 25.4. The maximum Gasteiger partial charge on any atom is 0.490 e. The van der Waals surface area contributed by atoms with Crippen LogP contribution in [0.4, 0.5) is 13.2 Å². The fourth-order valence-corrected chi connectivity index (χ4v) is 5.18. The van der Waals surface area contributed by atoms with Gasteiger partial charge in [-0.05, 0) is 67.5 Å². The number of thiazole rings is 1. The van der Waals surface area contributed by atoms with Crippen molar-refractivity contribution in [2.24, 2.45) is 5.73 Å². The number of alkyl halides is 3. The number of aliphatic carboxylic acids is 1. The van der Waals surface area contributed by atoms with Crippen molar-refractivity contribution in [1.82, 2.24) is 20.0 Å². The van der Waals surface area contributed by atoms with Gasteiger partial charge in [0.1, 0.15) is 10.8 Å². The molecule has 0 spiro atoms. The lowest BCUT2D eigenvalue weighted by atomic mass is 10.0. The molecule has 5 aromatic rings. The lowest BCUT2D eigenvalue weighted by Gasteiger charge is -2.09. The van der Waals surface area contributed by atoms with Crippen LogP contribution < -0.4 is 10.5 Å². The molecule has 0 saturated heterocycles. The van der Waals surface area contributed by atoms with Crippen LogP contribution in [0.2, 0.25) is 0 Å². The number of hydrogen-bond donors (Lipinski definition) is 2. The van der Waals surface area contributed by atoms with Crippen molar-refractivity contribution < 1.29 is 27.8 Å². The summed E-state index contributed by atoms with van der Waals surface area (Å²) in [5.74, 6) is -1.98. The standard InChI is InChI=1S/C30H31N5OS.C2HF3O2/c1-36-29-19-27(35-20-25(33-34-35)9-5-6-18-31)16-17-28(29)30-32-26(21-37-30)15-12-22-10-13-24(14-11-22)23-7-3-2-4-8-23;3-2(4,5)1(6)7/h2-4,7-8,10-11,13-14,16-17,19-21H,5-6,9,12,15,18,31H2,1H3;(H,6,7). The van der Waals surface area contributed by atoms with Gasteiger partial charge in [-0.3, -0.25) is 0 Å². The number of carboxylic acids is 1. The van der Waals surface area contributed by atoms with Crippen molar-refractivity contribution in [3.05, 3.63) is 101 Å². The number of methoxy groups -OCH3 is 1. The van der Waals surface area contributed by atoms with E-state index in [-0.39, 0.29) is 0 Å². The number of carboxylic acid groups (broad SMARTS) is 1. The van der Waals surface area contributed by atoms with E-state index >= 15 is 0 Å². The van der Waals surface area contributed by atoms with Gasteiger partial charge in [-0.2, -0.15) is 13.2 Å². The van der Waals surface area contributed by atoms with E-state index in [1.165, 1.54) is 16.7 Å². The molecule has 3 aromatic carbocycles. The molecule has 230 valence electrons. The van der Waals surface area contributed by atoms with Crippen molar-refractivity contribution in [3.8, 4) is 33.1 Å². The number of benzene rings is 3. The summed E-state index contributed by atoms with van der Waals surface area (Å²) in [5.41, 5.74) is 13.3. The highest BCUT2D eigenvalue weighted by Crippen LogP contribution is 2.34. The molecule has 0 aliphatic heterocycles. The molecule has 2 aromatic heterocycles. The minimum Gasteiger partial charge on any atom is -0.496 e. The van der Waals surface area contributed by atoms with Gasteiger partial charge in [0.05, 0.1) is 35.9 Å². The quantitative estimate of drug-likeness (QED) is 0.156. The second kappa shape index (κ2) is 15.3. The molecule has 0 fully saturated rings. The Bertz CT molecular complexity index is 1640. The summed E-state index contributed by atoms with van der Waals surface area (Å²) in [6.45, 7) is 0.702. The second-order valence-electron chi connectivity index (χ2n) is 9.79. The van der Waals surface area contributed by atoms with Crippen LogP contribution >= 0.6 is 11.3 Å². The zero-order valence-electron chi connectivity index (χ0n) is 24.0. The predicted octanol–water partition coefficient (Wildman–Crippen LogP) is 6.77. The van der Waals surface area contributed by atoms with Crippen LogP contribution in [0.3, 0.4) is 0 Å². The summed E-state index contributed by atoms with van der Waals surface area (Å²) in [4.78, 5) is 13.8. The van der Waals surface area contributed by atoms with E-state index < -0.39 is 12.1 Å². The van der Waals surface area contributed by atoms with Crippen molar-refractivity contribution in [3.63, 3.8) is 0 Å². The van der Waals surface area contributed by atoms with E-state index in [4.69, 9.17) is 25.4 Å². The number of rotatable bonds is 11. The fourth-order valence-electron chi connectivity index (χ4n) is 4.30. The van der Waals surface area contributed by atoms with Crippen LogP contribution in [0, 0.1) is 0 Å². The van der Waals surface area contributed by atoms with Crippen LogP contribution in [0.25, 0.3) is 27.4 Å². The number of nitrogens with zero attached hydrogens (tertiary/aromatic N) is 4. The van der Waals surface area contributed by atoms with Gasteiger partial charge in [-0.1, -0.05) is 59.8 Å². The van der Waals surface area contributed by atoms with Gasteiger partial charge < -0.3 is 15.6 Å². The minimum absolute atomic E-state index is 0.702. The number of hydrogen-bond acceptors (Lipinski definition) is 7. The van der Waals surface area contributed by atoms with Crippen LogP contribution in [-0.4, -0.2) is 50.9 Å². The molecule has 12 heteroatoms. The Kier molecular flexibility index (Phi) is 11.2. The summed E-state index contributed by atoms with van der Waals surface area (Å²) < 4.78 is 39.3. The lowest BCUT2D eigenvalue weighted by Crippen LogP contribution is -2.21. The van der Waals surface area contributed by atoms with E-state index in [0.717, 1.165) is 65.5 Å². The highest BCUT2D eigenvalue weighted by Gasteiger charge is 2.38. The fraction of sp³-hybridized carbons (Fsp3) is 0.250. The van der Waals surface area contributed by atoms with Crippen molar-refractivity contribution >= 4 is 17.3 Å². The van der Waals surface area contributed by atoms with Crippen molar-refractivity contribution in [2.75, 3.05) is 13.7 Å². The maximum absolute atomic E-state index is 10.6. The van der Waals surface area contributed by atoms with Crippen LogP contribution in [0.15, 0.2) is 84.4 Å². The Morgan fingerprint density at radius 2 is 1.66 bits per heavy atom. The van der Waals surface area contributed by atoms with Crippen molar-refractivity contribution in [1.29, 1.82) is 0 Å². The van der Waals surface area contributed by atoms with Gasteiger partial charge in [0.25, 0.3) is 0 Å². The molecule has 0 aliphatic rings. The Morgan fingerprint density at radius 1 is 0.955 bits per heavy atom. The van der Waals surface area contributed by atoms with Crippen LogP contribution in [0.1, 0.15) is 29.8 Å². The monoisotopic (exact) mass is 623 g/mol. The Hall–Kier alpha value is -4.55. The van der Waals surface area contributed by atoms with E-state index in [1.807, 2.05) is 24.4 Å². The smallest absolute Gasteiger partial charge is 0.490 e. The number of aromatic nitrogens is 4. The molecule has 0 unspecified atom stereocenters. The van der Waals surface area contributed by atoms with Crippen LogP contribution in [-0.2, 0) is 24.1 Å². The number of carbonyl (C=O) groups is 1. The number of ether oxygens (including phenoxy) is 1. The molecule has 2 heterocycles. The predicted molar refractivity (Wildman–Crippen MR) is 164 cm³/mol. The second-order valence-corrected chi connectivity index (χ2v) is 10.7. The maximum atomic E-state index is 10.6. The van der Waals surface area contributed by atoms with E-state index in [2.05, 4.69) is 70.3 Å². The molecule has 0 bridgehead atoms. The van der Waals surface area contributed by atoms with Crippen molar-refractivity contribution in [2.45, 2.75) is 38.3 Å². The molecule has 5 rings (SSSR count). The number of unbranched alkanes of at least 4 members (excludes halogenated alkanes) is 1. The first kappa shape index (κ1) is 32.4. The third kappa shape index (κ3) is 8.98. The molecule has 3 N–H and O–H groups in total. The summed E-state index contributed by atoms with van der Waals surface area (Å²) >= 11 is 1.65. The molecule has 44 heavy (non-hydrogen) atoms. The topological polar surface area (TPSA) is 116 Å². The Labute approximate surface area is 257 Å². The molecular weight excluding hydrogens is 591 g/mol. The van der Waals surface area contributed by atoms with Gasteiger partial charge >= 0.3 is 12.1 Å². The molecule has 0 saturated carbocycles. The van der Waals surface area contributed by atoms with E-state index in [9.17, 15) is 13.2 Å². The first-order valence-corrected chi connectivity index (χ1v) is 14.7. The summed E-state index contributed by atoms with van der Waals surface area (Å²) in [5, 5.41) is 18.8. The highest BCUT2D eigenvalue weighted by atomic mass is 32.1. The SMILES string of the molecule is COc1cc(-n2cc(CCCCN)nn2)ccc1-c1nc(CCc2ccc(-c3ccccc3)cc2)cs1.O=C(O)C(F)(F)F. The molecule has 0 atom stereocenters. The summed E-state index contributed by atoms with van der Waals surface area (Å²) in [6.07, 6.45) is 1.63. The average molecular weight is 624 g/mol. The lowest BCUT2D eigenvalue weighted by molar-refractivity contribution is -0.192. The van der Waals surface area contributed by atoms with Gasteiger partial charge in [0.2, 0.25) is 0 Å². The third-order valence-electron chi connectivity index (χ3n) is 6.63. The minimum atomic E-state index is -5.08. The van der Waals surface area contributed by atoms with Gasteiger partial charge in [0.15, 0.2) is 0 Å². The molecule has 8 nitrogen and oxygen atoms in total. The normalized spacial score (nSPS) is 11.1. The number of nitrogens with two attached hydrogens (primary N) is 1. The third-order valence-corrected chi connectivity index (χ3v) is 7.56. The van der Waals surface area contributed by atoms with E-state index in [1.54, 1.807) is 23.1 Å². The Balaban J connectivity index is 0.000000566. The first-order valence-electron chi connectivity index (χ1n) is 13.9. The number of aryl methyl sites for hydroxylation is 3. The molecule has 0 amide bonds. The van der Waals surface area contributed by atoms with E-state index in [0.29, 0.717) is 6.54 Å². The summed E-state index contributed by atoms with van der Waals surface area (Å²) in [7, 11) is 1.69. The molecule has 0 aliphatic carbocycles. The zero-order valence-corrected chi connectivity index (χ0v) is 24.8. The molecular formula is C32H32F3N5O3S. The Morgan fingerprint density at radius 3 is 2.32 bits per heavy atom. The van der Waals surface area contributed by atoms with Gasteiger partial charge in [-0.15, -0.1) is 16.4 Å². The number of halogens is 3. The largest absolute Gasteiger partial charge is 0.496 e. The zero-order chi connectivity index (χ0) is 31.5. The first-order chi connectivity index (χ1) is 21.2. The van der Waals surface area contributed by atoms with Crippen LogP contribution in [0.5, 0.6) is 5.75 Å². The highest BCUT2D eigenvalue weighted by molar-refractivity contribution is 7.13. The van der Waals surface area contributed by atoms with Gasteiger partial charge in [-0.25, -0.2) is 14.5 Å².